The zero-order valence-electron chi connectivity index (χ0n) is 9.76. The minimum absolute atomic E-state index is 0.0505. The molecule has 9 heteroatoms. The van der Waals surface area contributed by atoms with Crippen molar-refractivity contribution in [1.29, 1.82) is 0 Å². The number of hydrogen-bond acceptors (Lipinski definition) is 6. The summed E-state index contributed by atoms with van der Waals surface area (Å²) in [5, 5.41) is 9.00. The minimum Gasteiger partial charge on any atom is -0.475 e. The van der Waals surface area contributed by atoms with E-state index in [9.17, 15) is 4.79 Å². The summed E-state index contributed by atoms with van der Waals surface area (Å²) in [7, 11) is 0. The quantitative estimate of drug-likeness (QED) is 0.775. The molecular formula is C10H10ClN5O3. The molecule has 0 atom stereocenters. The van der Waals surface area contributed by atoms with E-state index in [4.69, 9.17) is 21.4 Å². The normalized spacial score (nSPS) is 15.9. The molecule has 1 aliphatic heterocycles. The van der Waals surface area contributed by atoms with Gasteiger partial charge in [-0.2, -0.15) is 9.97 Å². The first kappa shape index (κ1) is 12.1. The zero-order chi connectivity index (χ0) is 13.4. The van der Waals surface area contributed by atoms with E-state index < -0.39 is 5.97 Å². The number of aromatic amines is 1. The molecular weight excluding hydrogens is 274 g/mol. The Morgan fingerprint density at radius 2 is 2.05 bits per heavy atom. The number of halogens is 1. The van der Waals surface area contributed by atoms with Crippen LogP contribution in [0.4, 0.5) is 5.82 Å². The Morgan fingerprint density at radius 1 is 1.32 bits per heavy atom. The second kappa shape index (κ2) is 4.63. The minimum atomic E-state index is -1.15. The number of nitrogens with one attached hydrogen (secondary N) is 1. The van der Waals surface area contributed by atoms with Gasteiger partial charge in [-0.3, -0.25) is 0 Å². The highest BCUT2D eigenvalue weighted by Crippen LogP contribution is 2.24. The number of carboxylic acids is 1. The first-order chi connectivity index (χ1) is 9.15. The van der Waals surface area contributed by atoms with Gasteiger partial charge in [-0.25, -0.2) is 9.78 Å². The SMILES string of the molecule is O=C(O)c1nc2c(N3CCOCC3)nc(Cl)nc2[nH]1. The van der Waals surface area contributed by atoms with Crippen LogP contribution in [0, 0.1) is 0 Å². The van der Waals surface area contributed by atoms with Crippen LogP contribution >= 0.6 is 11.6 Å². The lowest BCUT2D eigenvalue weighted by Gasteiger charge is -2.27. The summed E-state index contributed by atoms with van der Waals surface area (Å²) in [6, 6.07) is 0. The summed E-state index contributed by atoms with van der Waals surface area (Å²) < 4.78 is 5.27. The van der Waals surface area contributed by atoms with Gasteiger partial charge < -0.3 is 19.7 Å². The monoisotopic (exact) mass is 283 g/mol. The van der Waals surface area contributed by atoms with Gasteiger partial charge in [0.05, 0.1) is 13.2 Å². The molecule has 8 nitrogen and oxygen atoms in total. The van der Waals surface area contributed by atoms with Gasteiger partial charge in [0.1, 0.15) is 0 Å². The van der Waals surface area contributed by atoms with Gasteiger partial charge in [0.15, 0.2) is 17.0 Å². The molecule has 100 valence electrons. The Labute approximate surface area is 112 Å². The molecule has 0 bridgehead atoms. The first-order valence-corrected chi connectivity index (χ1v) is 6.02. The Balaban J connectivity index is 2.13. The largest absolute Gasteiger partial charge is 0.475 e. The van der Waals surface area contributed by atoms with E-state index in [1.165, 1.54) is 0 Å². The average Bonchev–Trinajstić information content (AvgIpc) is 2.82. The number of hydrogen-bond donors (Lipinski definition) is 2. The van der Waals surface area contributed by atoms with E-state index in [1.54, 1.807) is 0 Å². The molecule has 0 saturated carbocycles. The molecule has 1 saturated heterocycles. The van der Waals surface area contributed by atoms with Crippen molar-refractivity contribution in [3.63, 3.8) is 0 Å². The lowest BCUT2D eigenvalue weighted by molar-refractivity contribution is 0.0685. The third-order valence-electron chi connectivity index (χ3n) is 2.81. The molecule has 0 aromatic carbocycles. The maximum Gasteiger partial charge on any atom is 0.371 e. The van der Waals surface area contributed by atoms with Crippen molar-refractivity contribution in [3.8, 4) is 0 Å². The van der Waals surface area contributed by atoms with Crippen molar-refractivity contribution in [2.45, 2.75) is 0 Å². The van der Waals surface area contributed by atoms with E-state index in [1.807, 2.05) is 4.90 Å². The summed E-state index contributed by atoms with van der Waals surface area (Å²) in [6.07, 6.45) is 0. The standard InChI is InChI=1S/C10H10ClN5O3/c11-10-14-6-5(12-7(13-6)9(17)18)8(15-10)16-1-3-19-4-2-16/h1-4H2,(H,17,18)(H,12,13,14,15). The van der Waals surface area contributed by atoms with Gasteiger partial charge in [0, 0.05) is 13.1 Å². The molecule has 2 aromatic rings. The van der Waals surface area contributed by atoms with Crippen LogP contribution < -0.4 is 4.90 Å². The first-order valence-electron chi connectivity index (χ1n) is 5.64. The second-order valence-electron chi connectivity index (χ2n) is 4.00. The van der Waals surface area contributed by atoms with Gasteiger partial charge in [-0.15, -0.1) is 0 Å². The summed E-state index contributed by atoms with van der Waals surface area (Å²) in [6.45, 7) is 2.47. The number of carbonyl (C=O) groups is 1. The number of aromatic nitrogens is 4. The fourth-order valence-electron chi connectivity index (χ4n) is 1.96. The summed E-state index contributed by atoms with van der Waals surface area (Å²) in [4.78, 5) is 27.6. The number of nitrogens with zero attached hydrogens (tertiary/aromatic N) is 4. The van der Waals surface area contributed by atoms with Gasteiger partial charge in [0.25, 0.3) is 0 Å². The topological polar surface area (TPSA) is 104 Å². The lowest BCUT2D eigenvalue weighted by Crippen LogP contribution is -2.37. The number of ether oxygens (including phenoxy) is 1. The van der Waals surface area contributed by atoms with Crippen molar-refractivity contribution in [2.24, 2.45) is 0 Å². The number of anilines is 1. The third-order valence-corrected chi connectivity index (χ3v) is 2.98. The Bertz CT molecular complexity index is 637. The number of imidazole rings is 1. The van der Waals surface area contributed by atoms with Crippen molar-refractivity contribution in [2.75, 3.05) is 31.2 Å². The molecule has 1 aliphatic rings. The maximum atomic E-state index is 10.9. The fraction of sp³-hybridized carbons (Fsp3) is 0.400. The van der Waals surface area contributed by atoms with Crippen LogP contribution in [0.3, 0.4) is 0 Å². The molecule has 0 aliphatic carbocycles. The van der Waals surface area contributed by atoms with Crippen molar-refractivity contribution >= 4 is 34.6 Å². The summed E-state index contributed by atoms with van der Waals surface area (Å²) >= 11 is 5.86. The van der Waals surface area contributed by atoms with Crippen LogP contribution in [0.15, 0.2) is 0 Å². The van der Waals surface area contributed by atoms with Gasteiger partial charge in [-0.1, -0.05) is 0 Å². The zero-order valence-corrected chi connectivity index (χ0v) is 10.5. The number of carboxylic acid groups (broad SMARTS) is 1. The average molecular weight is 284 g/mol. The van der Waals surface area contributed by atoms with E-state index in [-0.39, 0.29) is 11.1 Å². The molecule has 3 heterocycles. The highest BCUT2D eigenvalue weighted by atomic mass is 35.5. The number of H-pyrrole nitrogens is 1. The van der Waals surface area contributed by atoms with E-state index >= 15 is 0 Å². The van der Waals surface area contributed by atoms with Crippen LogP contribution in [0.25, 0.3) is 11.2 Å². The van der Waals surface area contributed by atoms with Gasteiger partial charge in [0.2, 0.25) is 11.1 Å². The van der Waals surface area contributed by atoms with Gasteiger partial charge in [-0.05, 0) is 11.6 Å². The van der Waals surface area contributed by atoms with Crippen molar-refractivity contribution < 1.29 is 14.6 Å². The van der Waals surface area contributed by atoms with Crippen LogP contribution in [-0.4, -0.2) is 57.3 Å². The molecule has 0 spiro atoms. The van der Waals surface area contributed by atoms with Crippen LogP contribution in [0.1, 0.15) is 10.6 Å². The Morgan fingerprint density at radius 3 is 2.74 bits per heavy atom. The van der Waals surface area contributed by atoms with Crippen LogP contribution in [0.2, 0.25) is 5.28 Å². The molecule has 2 N–H and O–H groups in total. The molecule has 19 heavy (non-hydrogen) atoms. The molecule has 0 unspecified atom stereocenters. The van der Waals surface area contributed by atoms with Crippen LogP contribution in [-0.2, 0) is 4.74 Å². The Hall–Kier alpha value is -1.93. The van der Waals surface area contributed by atoms with Gasteiger partial charge >= 0.3 is 5.97 Å². The highest BCUT2D eigenvalue weighted by Gasteiger charge is 2.21. The third kappa shape index (κ3) is 2.20. The van der Waals surface area contributed by atoms with E-state index in [2.05, 4.69) is 19.9 Å². The number of rotatable bonds is 2. The smallest absolute Gasteiger partial charge is 0.371 e. The maximum absolute atomic E-state index is 10.9. The summed E-state index contributed by atoms with van der Waals surface area (Å²) in [5.41, 5.74) is 0.725. The van der Waals surface area contributed by atoms with Crippen molar-refractivity contribution in [3.05, 3.63) is 11.1 Å². The highest BCUT2D eigenvalue weighted by molar-refractivity contribution is 6.28. The molecule has 3 rings (SSSR count). The second-order valence-corrected chi connectivity index (χ2v) is 4.34. The van der Waals surface area contributed by atoms with E-state index in [0.29, 0.717) is 43.3 Å². The fourth-order valence-corrected chi connectivity index (χ4v) is 2.12. The number of fused-ring (bicyclic) bond motifs is 1. The number of morpholine rings is 1. The number of aromatic carboxylic acids is 1. The molecule has 2 aromatic heterocycles. The lowest BCUT2D eigenvalue weighted by atomic mass is 10.4. The van der Waals surface area contributed by atoms with Crippen LogP contribution in [0.5, 0.6) is 0 Å². The summed E-state index contributed by atoms with van der Waals surface area (Å²) in [5.74, 6) is -0.801. The predicted octanol–water partition coefficient (Wildman–Crippen LogP) is 0.541. The molecule has 0 amide bonds. The predicted molar refractivity (Wildman–Crippen MR) is 66.7 cm³/mol. The Kier molecular flexibility index (Phi) is 2.96. The molecule has 1 fully saturated rings. The molecule has 0 radical (unpaired) electrons. The van der Waals surface area contributed by atoms with E-state index in [0.717, 1.165) is 0 Å². The van der Waals surface area contributed by atoms with Crippen molar-refractivity contribution in [1.82, 2.24) is 19.9 Å².